The Hall–Kier alpha value is -5.67. The van der Waals surface area contributed by atoms with E-state index in [0.29, 0.717) is 30.1 Å². The first-order valence-corrected chi connectivity index (χ1v) is 14.0. The zero-order chi connectivity index (χ0) is 33.1. The first kappa shape index (κ1) is 33.2. The minimum absolute atomic E-state index is 0.0281. The Morgan fingerprint density at radius 2 is 1.72 bits per heavy atom. The average molecular weight is 651 g/mol. The maximum absolute atomic E-state index is 15.0. The van der Waals surface area contributed by atoms with Gasteiger partial charge in [0.05, 0.1) is 22.9 Å². The Labute approximate surface area is 266 Å². The van der Waals surface area contributed by atoms with Crippen molar-refractivity contribution in [3.05, 3.63) is 101 Å². The Bertz CT molecular complexity index is 1720. The number of aromatic nitrogens is 4. The molecule has 3 aromatic carbocycles. The molecular weight excluding hydrogens is 623 g/mol. The molecule has 1 heterocycles. The normalized spacial score (nSPS) is 11.5. The lowest BCUT2D eigenvalue weighted by Gasteiger charge is -2.18. The number of hydrogen-bond acceptors (Lipinski definition) is 8. The van der Waals surface area contributed by atoms with E-state index >= 15 is 0 Å². The van der Waals surface area contributed by atoms with E-state index < -0.39 is 35.7 Å². The van der Waals surface area contributed by atoms with Crippen molar-refractivity contribution in [3.63, 3.8) is 0 Å². The molecule has 0 aliphatic carbocycles. The Morgan fingerprint density at radius 3 is 2.37 bits per heavy atom. The number of nitrogens with zero attached hydrogens (tertiary/aromatic N) is 4. The van der Waals surface area contributed by atoms with E-state index in [1.165, 1.54) is 60.6 Å². The van der Waals surface area contributed by atoms with Crippen molar-refractivity contribution in [2.45, 2.75) is 12.5 Å². The quantitative estimate of drug-likeness (QED) is 0.107. The lowest BCUT2D eigenvalue weighted by Crippen LogP contribution is -2.44. The number of tetrazole rings is 1. The molecule has 0 aliphatic heterocycles. The number of anilines is 2. The number of aromatic carboxylic acids is 1. The highest BCUT2D eigenvalue weighted by Gasteiger charge is 2.22. The van der Waals surface area contributed by atoms with Crippen molar-refractivity contribution in [3.8, 4) is 5.69 Å². The molecule has 4 rings (SSSR count). The summed E-state index contributed by atoms with van der Waals surface area (Å²) in [7, 11) is 1.52. The number of methoxy groups -OCH3 is 1. The molecule has 0 spiro atoms. The molecule has 0 saturated carbocycles. The largest absolute Gasteiger partial charge is 0.478 e. The number of carboxylic acid groups (broad SMARTS) is 1. The number of halogens is 2. The minimum atomic E-state index is -1.13. The van der Waals surface area contributed by atoms with Crippen LogP contribution in [0, 0.1) is 5.82 Å². The Kier molecular flexibility index (Phi) is 11.5. The molecule has 0 radical (unpaired) electrons. The van der Waals surface area contributed by atoms with Crippen LogP contribution in [0.5, 0.6) is 0 Å². The zero-order valence-corrected chi connectivity index (χ0v) is 25.0. The molecule has 1 aromatic heterocycles. The van der Waals surface area contributed by atoms with Gasteiger partial charge in [0, 0.05) is 43.1 Å². The van der Waals surface area contributed by atoms with E-state index in [9.17, 15) is 23.6 Å². The molecule has 0 fully saturated rings. The van der Waals surface area contributed by atoms with Gasteiger partial charge in [-0.25, -0.2) is 14.0 Å². The van der Waals surface area contributed by atoms with Crippen LogP contribution >= 0.6 is 11.6 Å². The van der Waals surface area contributed by atoms with Crippen LogP contribution in [0.15, 0.2) is 73.1 Å². The second-order valence-electron chi connectivity index (χ2n) is 9.59. The molecule has 1 unspecified atom stereocenters. The van der Waals surface area contributed by atoms with E-state index in [1.807, 2.05) is 0 Å². The smallest absolute Gasteiger partial charge is 0.335 e. The lowest BCUT2D eigenvalue weighted by molar-refractivity contribution is -0.123. The molecule has 46 heavy (non-hydrogen) atoms. The maximum atomic E-state index is 15.0. The highest BCUT2D eigenvalue weighted by atomic mass is 35.5. The van der Waals surface area contributed by atoms with Crippen LogP contribution in [0.4, 0.5) is 20.6 Å². The highest BCUT2D eigenvalue weighted by molar-refractivity contribution is 6.31. The van der Waals surface area contributed by atoms with Gasteiger partial charge in [0.1, 0.15) is 12.4 Å². The summed E-state index contributed by atoms with van der Waals surface area (Å²) < 4.78 is 21.1. The van der Waals surface area contributed by atoms with E-state index in [0.717, 1.165) is 6.08 Å². The van der Waals surface area contributed by atoms with Gasteiger partial charge >= 0.3 is 12.0 Å². The summed E-state index contributed by atoms with van der Waals surface area (Å²) in [6.45, 7) is 0.683. The lowest BCUT2D eigenvalue weighted by atomic mass is 10.0. The van der Waals surface area contributed by atoms with E-state index in [1.54, 1.807) is 24.3 Å². The number of carboxylic acids is 1. The van der Waals surface area contributed by atoms with Crippen molar-refractivity contribution >= 4 is 52.9 Å². The summed E-state index contributed by atoms with van der Waals surface area (Å²) in [5.41, 5.74) is 1.61. The summed E-state index contributed by atoms with van der Waals surface area (Å²) in [6, 6.07) is 13.4. The van der Waals surface area contributed by atoms with Gasteiger partial charge in [0.25, 0.3) is 0 Å². The average Bonchev–Trinajstić information content (AvgIpc) is 3.57. The molecule has 4 amide bonds. The molecule has 0 aliphatic rings. The molecule has 16 heteroatoms. The number of rotatable bonds is 13. The number of amides is 4. The Balaban J connectivity index is 1.52. The van der Waals surface area contributed by atoms with Gasteiger partial charge in [-0.05, 0) is 70.6 Å². The number of hydrogen-bond donors (Lipinski definition) is 5. The summed E-state index contributed by atoms with van der Waals surface area (Å²) in [6.07, 6.45) is 3.50. The molecule has 0 saturated heterocycles. The first-order valence-electron chi connectivity index (χ1n) is 13.6. The standard InChI is InChI=1S/C30H28ClFN8O6/c1-46-15-14-33-30(45)36-21-6-2-18(3-7-21)16-24(28(42)35-20-8-4-19(5-9-20)29(43)44)37-26(41)13-10-22-25(40-17-34-38-39-40)12-11-23(31)27(22)32/h2-13,17,24H,14-16H2,1H3,(H,35,42)(H,37,41)(H,43,44)(H2,33,36,45). The van der Waals surface area contributed by atoms with E-state index in [-0.39, 0.29) is 28.3 Å². The van der Waals surface area contributed by atoms with Gasteiger partial charge in [-0.2, -0.15) is 4.68 Å². The van der Waals surface area contributed by atoms with Crippen molar-refractivity contribution in [1.82, 2.24) is 30.8 Å². The summed E-state index contributed by atoms with van der Waals surface area (Å²) >= 11 is 5.96. The number of nitrogens with one attached hydrogen (secondary N) is 4. The van der Waals surface area contributed by atoms with Crippen molar-refractivity contribution in [2.24, 2.45) is 0 Å². The molecule has 5 N–H and O–H groups in total. The highest BCUT2D eigenvalue weighted by Crippen LogP contribution is 2.25. The number of carbonyl (C=O) groups is 4. The summed E-state index contributed by atoms with van der Waals surface area (Å²) in [5.74, 6) is -3.26. The molecule has 1 atom stereocenters. The third-order valence-electron chi connectivity index (χ3n) is 6.38. The molecule has 14 nitrogen and oxygen atoms in total. The first-order chi connectivity index (χ1) is 22.1. The molecule has 4 aromatic rings. The van der Waals surface area contributed by atoms with Crippen LogP contribution in [0.3, 0.4) is 0 Å². The van der Waals surface area contributed by atoms with Gasteiger partial charge in [0.15, 0.2) is 5.82 Å². The van der Waals surface area contributed by atoms with Crippen LogP contribution in [0.1, 0.15) is 21.5 Å². The second kappa shape index (κ2) is 15.9. The van der Waals surface area contributed by atoms with E-state index in [2.05, 4.69) is 36.8 Å². The number of ether oxygens (including phenoxy) is 1. The van der Waals surface area contributed by atoms with Gasteiger partial charge in [-0.15, -0.1) is 5.10 Å². The predicted octanol–water partition coefficient (Wildman–Crippen LogP) is 3.30. The number of benzene rings is 3. The van der Waals surface area contributed by atoms with Gasteiger partial charge < -0.3 is 31.1 Å². The third kappa shape index (κ3) is 9.17. The Morgan fingerprint density at radius 1 is 1.02 bits per heavy atom. The van der Waals surface area contributed by atoms with Crippen LogP contribution in [-0.2, 0) is 20.7 Å². The van der Waals surface area contributed by atoms with Crippen LogP contribution in [0.25, 0.3) is 11.8 Å². The van der Waals surface area contributed by atoms with Crippen molar-refractivity contribution < 1.29 is 33.4 Å². The van der Waals surface area contributed by atoms with Crippen LogP contribution in [-0.4, -0.2) is 75.4 Å². The zero-order valence-electron chi connectivity index (χ0n) is 24.2. The number of carbonyl (C=O) groups excluding carboxylic acids is 3. The molecule has 238 valence electrons. The van der Waals surface area contributed by atoms with Gasteiger partial charge in [0.2, 0.25) is 11.8 Å². The fourth-order valence-corrected chi connectivity index (χ4v) is 4.27. The van der Waals surface area contributed by atoms with Gasteiger partial charge in [-0.1, -0.05) is 23.7 Å². The SMILES string of the molecule is COCCNC(=O)Nc1ccc(CC(NC(=O)C=Cc2c(-n3cnnn3)ccc(Cl)c2F)C(=O)Nc2ccc(C(=O)O)cc2)cc1. The summed E-state index contributed by atoms with van der Waals surface area (Å²) in [5, 5.41) is 30.4. The molecule has 0 bridgehead atoms. The van der Waals surface area contributed by atoms with E-state index in [4.69, 9.17) is 21.4 Å². The fourth-order valence-electron chi connectivity index (χ4n) is 4.10. The second-order valence-corrected chi connectivity index (χ2v) is 10.00. The van der Waals surface area contributed by atoms with Crippen molar-refractivity contribution in [1.29, 1.82) is 0 Å². The fraction of sp³-hybridized carbons (Fsp3) is 0.167. The minimum Gasteiger partial charge on any atom is -0.478 e. The molecular formula is C30H28ClFN8O6. The van der Waals surface area contributed by atoms with Crippen molar-refractivity contribution in [2.75, 3.05) is 30.9 Å². The third-order valence-corrected chi connectivity index (χ3v) is 6.67. The topological polar surface area (TPSA) is 189 Å². The maximum Gasteiger partial charge on any atom is 0.335 e. The summed E-state index contributed by atoms with van der Waals surface area (Å²) in [4.78, 5) is 49.6. The monoisotopic (exact) mass is 650 g/mol. The van der Waals surface area contributed by atoms with Gasteiger partial charge in [-0.3, -0.25) is 9.59 Å². The number of urea groups is 1. The van der Waals surface area contributed by atoms with Crippen LogP contribution in [0.2, 0.25) is 5.02 Å². The van der Waals surface area contributed by atoms with Crippen LogP contribution < -0.4 is 21.3 Å². The predicted molar refractivity (Wildman–Crippen MR) is 166 cm³/mol.